The van der Waals surface area contributed by atoms with Crippen LogP contribution in [0, 0.1) is 6.92 Å². The number of nitrogens with zero attached hydrogens (tertiary/aromatic N) is 3. The predicted octanol–water partition coefficient (Wildman–Crippen LogP) is 4.91. The lowest BCUT2D eigenvalue weighted by Gasteiger charge is -2.07. The highest BCUT2D eigenvalue weighted by Crippen LogP contribution is 2.36. The summed E-state index contributed by atoms with van der Waals surface area (Å²) in [7, 11) is 1.63. The van der Waals surface area contributed by atoms with E-state index in [2.05, 4.69) is 15.2 Å². The molecule has 2 aromatic carbocycles. The van der Waals surface area contributed by atoms with Gasteiger partial charge in [-0.25, -0.2) is 4.98 Å². The van der Waals surface area contributed by atoms with Crippen molar-refractivity contribution in [2.75, 3.05) is 12.9 Å². The van der Waals surface area contributed by atoms with Crippen molar-refractivity contribution in [1.82, 2.24) is 15.2 Å². The SMILES string of the molecule is COc1cccc(-c2nnc(SCC(=O)OCc3ccccc3)c3nc(C)sc23)c1. The molecule has 4 rings (SSSR count). The van der Waals surface area contributed by atoms with E-state index in [0.717, 1.165) is 37.8 Å². The monoisotopic (exact) mass is 437 g/mol. The van der Waals surface area contributed by atoms with Crippen LogP contribution >= 0.6 is 23.1 Å². The molecule has 2 heterocycles. The van der Waals surface area contributed by atoms with E-state index < -0.39 is 0 Å². The number of carbonyl (C=O) groups is 1. The van der Waals surface area contributed by atoms with Crippen LogP contribution in [0.4, 0.5) is 0 Å². The average molecular weight is 438 g/mol. The van der Waals surface area contributed by atoms with Crippen molar-refractivity contribution in [3.05, 3.63) is 65.2 Å². The van der Waals surface area contributed by atoms with Crippen LogP contribution in [0.2, 0.25) is 0 Å². The quantitative estimate of drug-likeness (QED) is 0.300. The Kier molecular flexibility index (Phi) is 6.25. The molecule has 0 unspecified atom stereocenters. The zero-order valence-electron chi connectivity index (χ0n) is 16.5. The van der Waals surface area contributed by atoms with Crippen LogP contribution in [0.3, 0.4) is 0 Å². The topological polar surface area (TPSA) is 74.2 Å². The number of thioether (sulfide) groups is 1. The molecule has 0 fully saturated rings. The minimum absolute atomic E-state index is 0.145. The number of aromatic nitrogens is 3. The molecule has 0 aliphatic rings. The lowest BCUT2D eigenvalue weighted by Crippen LogP contribution is -2.07. The Morgan fingerprint density at radius 3 is 2.73 bits per heavy atom. The molecule has 0 spiro atoms. The van der Waals surface area contributed by atoms with Gasteiger partial charge >= 0.3 is 5.97 Å². The maximum absolute atomic E-state index is 12.2. The smallest absolute Gasteiger partial charge is 0.316 e. The van der Waals surface area contributed by atoms with Crippen LogP contribution < -0.4 is 4.74 Å². The van der Waals surface area contributed by atoms with E-state index in [1.165, 1.54) is 11.8 Å². The molecule has 0 N–H and O–H groups in total. The van der Waals surface area contributed by atoms with E-state index in [1.54, 1.807) is 18.4 Å². The summed E-state index contributed by atoms with van der Waals surface area (Å²) in [4.78, 5) is 16.8. The van der Waals surface area contributed by atoms with Crippen LogP contribution in [0.1, 0.15) is 10.6 Å². The van der Waals surface area contributed by atoms with Gasteiger partial charge in [0.25, 0.3) is 0 Å². The van der Waals surface area contributed by atoms with Gasteiger partial charge in [0, 0.05) is 5.56 Å². The second-order valence-electron chi connectivity index (χ2n) is 6.43. The molecule has 30 heavy (non-hydrogen) atoms. The summed E-state index contributed by atoms with van der Waals surface area (Å²) in [6.07, 6.45) is 0. The van der Waals surface area contributed by atoms with E-state index in [4.69, 9.17) is 9.47 Å². The number of ether oxygens (including phenoxy) is 2. The Morgan fingerprint density at radius 1 is 1.10 bits per heavy atom. The molecule has 0 radical (unpaired) electrons. The minimum atomic E-state index is -0.303. The Balaban J connectivity index is 1.52. The van der Waals surface area contributed by atoms with Gasteiger partial charge in [-0.2, -0.15) is 0 Å². The standard InChI is InChI=1S/C22H19N3O3S2/c1-14-23-20-21(30-14)19(16-9-6-10-17(11-16)27-2)24-25-22(20)29-13-18(26)28-12-15-7-4-3-5-8-15/h3-11H,12-13H2,1-2H3. The zero-order chi connectivity index (χ0) is 20.9. The Bertz CT molecular complexity index is 1180. The molecule has 0 atom stereocenters. The molecule has 0 saturated carbocycles. The summed E-state index contributed by atoms with van der Waals surface area (Å²) >= 11 is 2.85. The first-order valence-electron chi connectivity index (χ1n) is 9.24. The molecule has 152 valence electrons. The minimum Gasteiger partial charge on any atom is -0.497 e. The third-order valence-electron chi connectivity index (χ3n) is 4.31. The van der Waals surface area contributed by atoms with Gasteiger partial charge in [-0.1, -0.05) is 54.2 Å². The lowest BCUT2D eigenvalue weighted by molar-refractivity contribution is -0.141. The number of fused-ring (bicyclic) bond motifs is 1. The summed E-state index contributed by atoms with van der Waals surface area (Å²) in [6, 6.07) is 17.3. The summed E-state index contributed by atoms with van der Waals surface area (Å²) in [5.41, 5.74) is 3.38. The Labute approximate surface area is 182 Å². The summed E-state index contributed by atoms with van der Waals surface area (Å²) < 4.78 is 11.6. The van der Waals surface area contributed by atoms with Gasteiger partial charge in [0.1, 0.15) is 28.6 Å². The maximum atomic E-state index is 12.2. The second kappa shape index (κ2) is 9.23. The van der Waals surface area contributed by atoms with E-state index in [-0.39, 0.29) is 18.3 Å². The summed E-state index contributed by atoms with van der Waals surface area (Å²) in [5, 5.41) is 10.3. The second-order valence-corrected chi connectivity index (χ2v) is 8.60. The van der Waals surface area contributed by atoms with Crippen molar-refractivity contribution in [3.8, 4) is 17.0 Å². The number of hydrogen-bond acceptors (Lipinski definition) is 8. The molecule has 0 saturated heterocycles. The van der Waals surface area contributed by atoms with Crippen molar-refractivity contribution in [2.24, 2.45) is 0 Å². The van der Waals surface area contributed by atoms with Crippen molar-refractivity contribution < 1.29 is 14.3 Å². The number of benzene rings is 2. The number of carbonyl (C=O) groups excluding carboxylic acids is 1. The maximum Gasteiger partial charge on any atom is 0.316 e. The van der Waals surface area contributed by atoms with Crippen molar-refractivity contribution in [1.29, 1.82) is 0 Å². The largest absolute Gasteiger partial charge is 0.497 e. The normalized spacial score (nSPS) is 10.9. The van der Waals surface area contributed by atoms with Crippen LogP contribution in [0.15, 0.2) is 59.6 Å². The molecular weight excluding hydrogens is 418 g/mol. The third-order valence-corrected chi connectivity index (χ3v) is 6.21. The number of methoxy groups -OCH3 is 1. The van der Waals surface area contributed by atoms with Crippen molar-refractivity contribution in [3.63, 3.8) is 0 Å². The van der Waals surface area contributed by atoms with Gasteiger partial charge in [-0.15, -0.1) is 21.5 Å². The lowest BCUT2D eigenvalue weighted by atomic mass is 10.1. The highest BCUT2D eigenvalue weighted by atomic mass is 32.2. The van der Waals surface area contributed by atoms with Crippen LogP contribution in [0.25, 0.3) is 21.5 Å². The van der Waals surface area contributed by atoms with E-state index in [1.807, 2.05) is 61.5 Å². The first-order chi connectivity index (χ1) is 14.6. The van der Waals surface area contributed by atoms with Gasteiger partial charge in [0.15, 0.2) is 0 Å². The van der Waals surface area contributed by atoms with E-state index in [0.29, 0.717) is 5.03 Å². The van der Waals surface area contributed by atoms with Crippen LogP contribution in [0.5, 0.6) is 5.75 Å². The van der Waals surface area contributed by atoms with Crippen LogP contribution in [-0.4, -0.2) is 34.0 Å². The average Bonchev–Trinajstić information content (AvgIpc) is 3.18. The Hall–Kier alpha value is -2.97. The highest BCUT2D eigenvalue weighted by Gasteiger charge is 2.17. The fraction of sp³-hybridized carbons (Fsp3) is 0.182. The number of hydrogen-bond donors (Lipinski definition) is 0. The first kappa shape index (κ1) is 20.3. The van der Waals surface area contributed by atoms with Crippen molar-refractivity contribution >= 4 is 39.3 Å². The van der Waals surface area contributed by atoms with E-state index in [9.17, 15) is 4.79 Å². The molecule has 6 nitrogen and oxygen atoms in total. The Morgan fingerprint density at radius 2 is 1.93 bits per heavy atom. The van der Waals surface area contributed by atoms with E-state index >= 15 is 0 Å². The number of esters is 1. The molecule has 8 heteroatoms. The summed E-state index contributed by atoms with van der Waals surface area (Å²) in [6.45, 7) is 2.20. The molecular formula is C22H19N3O3S2. The molecule has 0 aliphatic heterocycles. The van der Waals surface area contributed by atoms with Gasteiger partial charge in [-0.05, 0) is 24.6 Å². The zero-order valence-corrected chi connectivity index (χ0v) is 18.1. The first-order valence-corrected chi connectivity index (χ1v) is 11.0. The summed E-state index contributed by atoms with van der Waals surface area (Å²) in [5.74, 6) is 0.594. The molecule has 4 aromatic rings. The highest BCUT2D eigenvalue weighted by molar-refractivity contribution is 8.00. The van der Waals surface area contributed by atoms with Crippen LogP contribution in [-0.2, 0) is 16.1 Å². The molecule has 0 amide bonds. The molecule has 2 aromatic heterocycles. The molecule has 0 bridgehead atoms. The predicted molar refractivity (Wildman–Crippen MR) is 119 cm³/mol. The molecule has 0 aliphatic carbocycles. The van der Waals surface area contributed by atoms with Gasteiger partial charge in [0.05, 0.1) is 22.6 Å². The number of rotatable bonds is 7. The van der Waals surface area contributed by atoms with Gasteiger partial charge in [-0.3, -0.25) is 4.79 Å². The number of aryl methyl sites for hydroxylation is 1. The number of thiazole rings is 1. The fourth-order valence-corrected chi connectivity index (χ4v) is 4.60. The van der Waals surface area contributed by atoms with Gasteiger partial charge < -0.3 is 9.47 Å². The third kappa shape index (κ3) is 4.60. The van der Waals surface area contributed by atoms with Gasteiger partial charge in [0.2, 0.25) is 0 Å². The van der Waals surface area contributed by atoms with Crippen molar-refractivity contribution in [2.45, 2.75) is 18.6 Å². The fourth-order valence-electron chi connectivity index (χ4n) is 2.88.